The lowest BCUT2D eigenvalue weighted by Crippen LogP contribution is -2.63. The molecule has 2 saturated heterocycles. The van der Waals surface area contributed by atoms with Gasteiger partial charge in [-0.15, -0.1) is 0 Å². The quantitative estimate of drug-likeness (QED) is 0.797. The van der Waals surface area contributed by atoms with Crippen molar-refractivity contribution in [2.24, 2.45) is 11.8 Å². The second-order valence-corrected chi connectivity index (χ2v) is 5.99. The fourth-order valence-electron chi connectivity index (χ4n) is 4.21. The van der Waals surface area contributed by atoms with Crippen molar-refractivity contribution >= 4 is 0 Å². The van der Waals surface area contributed by atoms with Gasteiger partial charge in [-0.2, -0.15) is 0 Å². The van der Waals surface area contributed by atoms with Crippen LogP contribution in [0.15, 0.2) is 0 Å². The Hall–Kier alpha value is -0.120. The number of aliphatic hydroxyl groups is 1. The summed E-state index contributed by atoms with van der Waals surface area (Å²) in [5.74, 6) is 1.08. The Morgan fingerprint density at radius 1 is 1.25 bits per heavy atom. The summed E-state index contributed by atoms with van der Waals surface area (Å²) >= 11 is 0. The molecule has 3 nitrogen and oxygen atoms in total. The standard InChI is InChI=1S/C13H22O3/c1-2-3-15-13-7-10-4-11(8-13)6-12(5-10,9-14)16-13/h10-11,14H,2-9H2,1H3/t10-,11+,12?,13?. The predicted octanol–water partition coefficient (Wildman–Crippen LogP) is 2.08. The molecule has 4 aliphatic rings. The fourth-order valence-corrected chi connectivity index (χ4v) is 4.21. The number of ether oxygens (including phenoxy) is 2. The van der Waals surface area contributed by atoms with Crippen molar-refractivity contribution in [2.45, 2.75) is 56.8 Å². The average Bonchev–Trinajstić information content (AvgIpc) is 2.25. The minimum atomic E-state index is -0.344. The van der Waals surface area contributed by atoms with E-state index < -0.39 is 0 Å². The molecule has 0 aromatic carbocycles. The topological polar surface area (TPSA) is 38.7 Å². The third-order valence-corrected chi connectivity index (χ3v) is 4.45. The van der Waals surface area contributed by atoms with E-state index in [4.69, 9.17) is 9.47 Å². The van der Waals surface area contributed by atoms with Crippen LogP contribution in [-0.4, -0.2) is 29.7 Å². The van der Waals surface area contributed by atoms with Crippen LogP contribution < -0.4 is 0 Å². The monoisotopic (exact) mass is 226 g/mol. The number of aliphatic hydroxyl groups excluding tert-OH is 1. The lowest BCUT2D eigenvalue weighted by atomic mass is 9.61. The molecule has 4 atom stereocenters. The molecule has 4 bridgehead atoms. The van der Waals surface area contributed by atoms with Gasteiger partial charge in [0.05, 0.1) is 12.2 Å². The summed E-state index contributed by atoms with van der Waals surface area (Å²) < 4.78 is 12.2. The number of hydrogen-bond donors (Lipinski definition) is 1. The summed E-state index contributed by atoms with van der Waals surface area (Å²) in [5.41, 5.74) is -0.266. The molecule has 0 aromatic heterocycles. The minimum Gasteiger partial charge on any atom is -0.393 e. The highest BCUT2D eigenvalue weighted by molar-refractivity contribution is 5.04. The van der Waals surface area contributed by atoms with Crippen LogP contribution in [0, 0.1) is 11.8 Å². The van der Waals surface area contributed by atoms with Crippen molar-refractivity contribution in [3.05, 3.63) is 0 Å². The first-order valence-electron chi connectivity index (χ1n) is 6.64. The van der Waals surface area contributed by atoms with Crippen LogP contribution in [0.25, 0.3) is 0 Å². The van der Waals surface area contributed by atoms with Gasteiger partial charge in [-0.05, 0) is 37.5 Å². The molecule has 16 heavy (non-hydrogen) atoms. The molecule has 0 aromatic rings. The fraction of sp³-hybridized carbons (Fsp3) is 1.00. The lowest BCUT2D eigenvalue weighted by Gasteiger charge is -2.60. The van der Waals surface area contributed by atoms with Crippen LogP contribution in [0.3, 0.4) is 0 Å². The largest absolute Gasteiger partial charge is 0.393 e. The Kier molecular flexibility index (Phi) is 2.54. The van der Waals surface area contributed by atoms with Gasteiger partial charge < -0.3 is 14.6 Å². The Morgan fingerprint density at radius 2 is 1.94 bits per heavy atom. The smallest absolute Gasteiger partial charge is 0.169 e. The van der Waals surface area contributed by atoms with Gasteiger partial charge in [0.25, 0.3) is 0 Å². The van der Waals surface area contributed by atoms with Crippen molar-refractivity contribution < 1.29 is 14.6 Å². The van der Waals surface area contributed by atoms with E-state index in [1.54, 1.807) is 0 Å². The van der Waals surface area contributed by atoms with Crippen LogP contribution in [0.5, 0.6) is 0 Å². The molecule has 1 N–H and O–H groups in total. The molecular formula is C13H22O3. The van der Waals surface area contributed by atoms with E-state index in [2.05, 4.69) is 6.92 Å². The molecule has 92 valence electrons. The molecule has 0 radical (unpaired) electrons. The second kappa shape index (κ2) is 3.69. The average molecular weight is 226 g/mol. The van der Waals surface area contributed by atoms with Crippen LogP contribution in [0.1, 0.15) is 45.4 Å². The van der Waals surface area contributed by atoms with E-state index in [0.717, 1.165) is 38.7 Å². The summed E-state index contributed by atoms with van der Waals surface area (Å²) in [7, 11) is 0. The maximum atomic E-state index is 9.59. The van der Waals surface area contributed by atoms with Gasteiger partial charge in [0, 0.05) is 19.4 Å². The summed E-state index contributed by atoms with van der Waals surface area (Å²) in [6.07, 6.45) is 6.53. The van der Waals surface area contributed by atoms with Crippen molar-refractivity contribution in [3.8, 4) is 0 Å². The Bertz CT molecular complexity index is 262. The normalized spacial score (nSPS) is 49.9. The van der Waals surface area contributed by atoms with Crippen molar-refractivity contribution in [1.82, 2.24) is 0 Å². The summed E-state index contributed by atoms with van der Waals surface area (Å²) in [6.45, 7) is 3.07. The van der Waals surface area contributed by atoms with Crippen molar-refractivity contribution in [1.29, 1.82) is 0 Å². The van der Waals surface area contributed by atoms with Crippen molar-refractivity contribution in [3.63, 3.8) is 0 Å². The van der Waals surface area contributed by atoms with E-state index in [9.17, 15) is 5.11 Å². The van der Waals surface area contributed by atoms with Gasteiger partial charge in [-0.3, -0.25) is 0 Å². The molecule has 2 saturated carbocycles. The Balaban J connectivity index is 1.81. The summed E-state index contributed by atoms with van der Waals surface area (Å²) in [5, 5.41) is 9.59. The molecule has 0 amide bonds. The van der Waals surface area contributed by atoms with Crippen LogP contribution >= 0.6 is 0 Å². The van der Waals surface area contributed by atoms with Gasteiger partial charge in [-0.1, -0.05) is 6.92 Å². The molecule has 0 spiro atoms. The van der Waals surface area contributed by atoms with Crippen molar-refractivity contribution in [2.75, 3.05) is 13.2 Å². The first-order valence-corrected chi connectivity index (χ1v) is 6.64. The molecule has 2 aliphatic carbocycles. The zero-order valence-electron chi connectivity index (χ0n) is 10.1. The first kappa shape index (κ1) is 11.0. The summed E-state index contributed by atoms with van der Waals surface area (Å²) in [6, 6.07) is 0. The highest BCUT2D eigenvalue weighted by Gasteiger charge is 2.59. The molecule has 3 heteroatoms. The number of rotatable bonds is 4. The van der Waals surface area contributed by atoms with Gasteiger partial charge in [-0.25, -0.2) is 0 Å². The zero-order chi connectivity index (χ0) is 11.2. The third kappa shape index (κ3) is 1.60. The first-order chi connectivity index (χ1) is 7.69. The van der Waals surface area contributed by atoms with E-state index >= 15 is 0 Å². The van der Waals surface area contributed by atoms with Crippen LogP contribution in [0.4, 0.5) is 0 Å². The van der Waals surface area contributed by atoms with Gasteiger partial charge in [0.15, 0.2) is 5.79 Å². The maximum absolute atomic E-state index is 9.59. The Morgan fingerprint density at radius 3 is 2.50 bits per heavy atom. The lowest BCUT2D eigenvalue weighted by molar-refractivity contribution is -0.375. The van der Waals surface area contributed by atoms with Crippen LogP contribution in [0.2, 0.25) is 0 Å². The Labute approximate surface area is 97.1 Å². The van der Waals surface area contributed by atoms with E-state index in [0.29, 0.717) is 11.8 Å². The van der Waals surface area contributed by atoms with Gasteiger partial charge in [0.2, 0.25) is 0 Å². The van der Waals surface area contributed by atoms with Gasteiger partial charge >= 0.3 is 0 Å². The molecule has 2 aliphatic heterocycles. The number of hydrogen-bond acceptors (Lipinski definition) is 3. The predicted molar refractivity (Wildman–Crippen MR) is 59.9 cm³/mol. The minimum absolute atomic E-state index is 0.164. The van der Waals surface area contributed by atoms with E-state index in [1.165, 1.54) is 6.42 Å². The molecule has 4 rings (SSSR count). The second-order valence-electron chi connectivity index (χ2n) is 5.99. The molecule has 2 heterocycles. The zero-order valence-corrected chi connectivity index (χ0v) is 10.1. The van der Waals surface area contributed by atoms with Gasteiger partial charge in [0.1, 0.15) is 0 Å². The highest BCUT2D eigenvalue weighted by atomic mass is 16.7. The SMILES string of the molecule is CCCOC12C[C@@H]3C[C@@H](CC(CO)(C3)O1)C2. The van der Waals surface area contributed by atoms with E-state index in [1.807, 2.05) is 0 Å². The molecular weight excluding hydrogens is 204 g/mol. The molecule has 2 unspecified atom stereocenters. The maximum Gasteiger partial charge on any atom is 0.169 e. The van der Waals surface area contributed by atoms with Crippen LogP contribution in [-0.2, 0) is 9.47 Å². The third-order valence-electron chi connectivity index (χ3n) is 4.45. The highest BCUT2D eigenvalue weighted by Crippen LogP contribution is 2.57. The molecule has 4 fully saturated rings. The summed E-state index contributed by atoms with van der Waals surface area (Å²) in [4.78, 5) is 0. The van der Waals surface area contributed by atoms with E-state index in [-0.39, 0.29) is 18.0 Å².